The SMILES string of the molecule is C=CCO[C@@H](c1ncc(F)cn1)[C@@H](C)S(=O)(=O)Cc1nnc(-c2nc(C)cs2)n1-c1c(OC)cccc1OC. The molecule has 0 bridgehead atoms. The summed E-state index contributed by atoms with van der Waals surface area (Å²) in [5.41, 5.74) is 1.20. The highest BCUT2D eigenvalue weighted by molar-refractivity contribution is 7.91. The highest BCUT2D eigenvalue weighted by Crippen LogP contribution is 2.37. The number of aryl methyl sites for hydroxylation is 1. The lowest BCUT2D eigenvalue weighted by Crippen LogP contribution is -2.31. The lowest BCUT2D eigenvalue weighted by atomic mass is 10.2. The van der Waals surface area contributed by atoms with E-state index in [1.165, 1.54) is 38.6 Å². The number of thiazole rings is 1. The number of rotatable bonds is 12. The van der Waals surface area contributed by atoms with Crippen molar-refractivity contribution in [1.82, 2.24) is 29.7 Å². The third kappa shape index (κ3) is 5.97. The number of nitrogens with zero attached hydrogens (tertiary/aromatic N) is 6. The maximum atomic E-state index is 13.8. The second-order valence-corrected chi connectivity index (χ2v) is 11.6. The molecule has 206 valence electrons. The van der Waals surface area contributed by atoms with Gasteiger partial charge in [0.15, 0.2) is 38.1 Å². The molecule has 3 aromatic heterocycles. The molecule has 0 unspecified atom stereocenters. The van der Waals surface area contributed by atoms with Gasteiger partial charge >= 0.3 is 0 Å². The first-order chi connectivity index (χ1) is 18.7. The summed E-state index contributed by atoms with van der Waals surface area (Å²) < 4.78 is 59.5. The van der Waals surface area contributed by atoms with Gasteiger partial charge in [0.2, 0.25) is 0 Å². The fraction of sp³-hybridized carbons (Fsp3) is 0.320. The van der Waals surface area contributed by atoms with Crippen LogP contribution in [0.4, 0.5) is 4.39 Å². The van der Waals surface area contributed by atoms with E-state index in [4.69, 9.17) is 14.2 Å². The van der Waals surface area contributed by atoms with Crippen LogP contribution in [-0.2, 0) is 20.3 Å². The maximum Gasteiger partial charge on any atom is 0.197 e. The van der Waals surface area contributed by atoms with E-state index in [9.17, 15) is 12.8 Å². The Hall–Kier alpha value is -3.75. The fourth-order valence-electron chi connectivity index (χ4n) is 3.85. The van der Waals surface area contributed by atoms with Gasteiger partial charge in [0, 0.05) is 11.1 Å². The molecule has 0 N–H and O–H groups in total. The van der Waals surface area contributed by atoms with Crippen LogP contribution in [0.3, 0.4) is 0 Å². The Balaban J connectivity index is 1.82. The third-order valence-corrected chi connectivity index (χ3v) is 8.77. The summed E-state index contributed by atoms with van der Waals surface area (Å²) >= 11 is 1.35. The molecule has 11 nitrogen and oxygen atoms in total. The van der Waals surface area contributed by atoms with Crippen molar-refractivity contribution in [2.75, 3.05) is 20.8 Å². The maximum absolute atomic E-state index is 13.8. The summed E-state index contributed by atoms with van der Waals surface area (Å²) in [6, 6.07) is 5.20. The molecule has 0 aliphatic carbocycles. The lowest BCUT2D eigenvalue weighted by Gasteiger charge is -2.23. The minimum Gasteiger partial charge on any atom is -0.494 e. The van der Waals surface area contributed by atoms with Gasteiger partial charge in [-0.1, -0.05) is 12.1 Å². The number of ether oxygens (including phenoxy) is 3. The molecule has 4 rings (SSSR count). The van der Waals surface area contributed by atoms with E-state index in [0.29, 0.717) is 28.0 Å². The molecule has 0 aliphatic heterocycles. The van der Waals surface area contributed by atoms with Crippen molar-refractivity contribution in [2.24, 2.45) is 0 Å². The Morgan fingerprint density at radius 3 is 2.38 bits per heavy atom. The number of aromatic nitrogens is 6. The zero-order chi connectivity index (χ0) is 28.2. The number of hydrogen-bond donors (Lipinski definition) is 0. The Kier molecular flexibility index (Phi) is 8.67. The van der Waals surface area contributed by atoms with Crippen molar-refractivity contribution >= 4 is 21.2 Å². The smallest absolute Gasteiger partial charge is 0.197 e. The van der Waals surface area contributed by atoms with Gasteiger partial charge in [0.25, 0.3) is 0 Å². The minimum atomic E-state index is -3.99. The zero-order valence-electron chi connectivity index (χ0n) is 21.7. The van der Waals surface area contributed by atoms with Gasteiger partial charge in [-0.05, 0) is 26.0 Å². The number of para-hydroxylation sites is 1. The molecule has 0 aliphatic rings. The molecule has 0 amide bonds. The quantitative estimate of drug-likeness (QED) is 0.230. The average molecular weight is 575 g/mol. The second kappa shape index (κ2) is 12.0. The highest BCUT2D eigenvalue weighted by atomic mass is 32.2. The molecular formula is C25H27FN6O5S2. The first-order valence-corrected chi connectivity index (χ1v) is 14.3. The summed E-state index contributed by atoms with van der Waals surface area (Å²) in [6.45, 7) is 6.97. The van der Waals surface area contributed by atoms with Crippen LogP contribution in [0.1, 0.15) is 30.4 Å². The van der Waals surface area contributed by atoms with Crippen LogP contribution in [0.2, 0.25) is 0 Å². The van der Waals surface area contributed by atoms with Gasteiger partial charge in [-0.15, -0.1) is 28.1 Å². The van der Waals surface area contributed by atoms with Gasteiger partial charge in [0.05, 0.1) is 38.5 Å². The van der Waals surface area contributed by atoms with Crippen LogP contribution >= 0.6 is 11.3 Å². The normalized spacial score (nSPS) is 13.2. The number of hydrogen-bond acceptors (Lipinski definition) is 11. The second-order valence-electron chi connectivity index (χ2n) is 8.39. The summed E-state index contributed by atoms with van der Waals surface area (Å²) in [5, 5.41) is 9.82. The standard InChI is InChI=1S/C25H27FN6O5S2/c1-6-10-37-22(23-27-11-17(26)12-28-23)16(3)39(33,34)14-20-30-31-24(25-29-15(2)13-38-25)32(20)21-18(35-4)8-7-9-19(21)36-5/h6-9,11-13,16,22H,1,10,14H2,2-5H3/t16-,22-/m1/s1. The van der Waals surface area contributed by atoms with Gasteiger partial charge in [0.1, 0.15) is 29.0 Å². The summed E-state index contributed by atoms with van der Waals surface area (Å²) in [4.78, 5) is 12.4. The van der Waals surface area contributed by atoms with Crippen molar-refractivity contribution in [3.63, 3.8) is 0 Å². The van der Waals surface area contributed by atoms with E-state index < -0.39 is 32.8 Å². The molecule has 1 aromatic carbocycles. The molecule has 0 spiro atoms. The molecule has 2 atom stereocenters. The van der Waals surface area contributed by atoms with E-state index in [-0.39, 0.29) is 18.3 Å². The topological polar surface area (TPSA) is 131 Å². The molecular weight excluding hydrogens is 547 g/mol. The van der Waals surface area contributed by atoms with E-state index >= 15 is 0 Å². The molecule has 0 fully saturated rings. The summed E-state index contributed by atoms with van der Waals surface area (Å²) in [5.74, 6) is 0.123. The number of methoxy groups -OCH3 is 2. The number of sulfone groups is 1. The van der Waals surface area contributed by atoms with Crippen molar-refractivity contribution in [3.05, 3.63) is 71.8 Å². The Labute approximate surface area is 229 Å². The van der Waals surface area contributed by atoms with Gasteiger partial charge < -0.3 is 14.2 Å². The van der Waals surface area contributed by atoms with Crippen LogP contribution in [-0.4, -0.2) is 64.2 Å². The number of halogens is 1. The monoisotopic (exact) mass is 574 g/mol. The predicted octanol–water partition coefficient (Wildman–Crippen LogP) is 3.89. The fourth-order valence-corrected chi connectivity index (χ4v) is 6.01. The van der Waals surface area contributed by atoms with Crippen molar-refractivity contribution in [1.29, 1.82) is 0 Å². The van der Waals surface area contributed by atoms with Gasteiger partial charge in [-0.25, -0.2) is 27.8 Å². The van der Waals surface area contributed by atoms with Crippen LogP contribution in [0.25, 0.3) is 16.5 Å². The Bertz CT molecular complexity index is 1530. The van der Waals surface area contributed by atoms with E-state index in [0.717, 1.165) is 18.1 Å². The van der Waals surface area contributed by atoms with Crippen molar-refractivity contribution in [3.8, 4) is 28.0 Å². The summed E-state index contributed by atoms with van der Waals surface area (Å²) in [7, 11) is -0.992. The van der Waals surface area contributed by atoms with E-state index in [1.54, 1.807) is 22.8 Å². The minimum absolute atomic E-state index is 0.0288. The molecule has 14 heteroatoms. The predicted molar refractivity (Wildman–Crippen MR) is 143 cm³/mol. The van der Waals surface area contributed by atoms with Crippen LogP contribution in [0.15, 0.2) is 48.6 Å². The first kappa shape index (κ1) is 28.3. The van der Waals surface area contributed by atoms with Crippen LogP contribution < -0.4 is 9.47 Å². The lowest BCUT2D eigenvalue weighted by molar-refractivity contribution is 0.0667. The van der Waals surface area contributed by atoms with E-state index in [1.807, 2.05) is 12.3 Å². The Morgan fingerprint density at radius 2 is 1.82 bits per heavy atom. The van der Waals surface area contributed by atoms with Gasteiger partial charge in [-0.2, -0.15) is 0 Å². The number of benzene rings is 1. The highest BCUT2D eigenvalue weighted by Gasteiger charge is 2.36. The molecule has 0 saturated carbocycles. The van der Waals surface area contributed by atoms with Crippen LogP contribution in [0.5, 0.6) is 11.5 Å². The summed E-state index contributed by atoms with van der Waals surface area (Å²) in [6.07, 6.45) is 2.30. The average Bonchev–Trinajstić information content (AvgIpc) is 3.54. The van der Waals surface area contributed by atoms with Crippen LogP contribution in [0, 0.1) is 12.7 Å². The largest absolute Gasteiger partial charge is 0.494 e. The molecule has 0 radical (unpaired) electrons. The van der Waals surface area contributed by atoms with Crippen molar-refractivity contribution in [2.45, 2.75) is 31.0 Å². The zero-order valence-corrected chi connectivity index (χ0v) is 23.4. The molecule has 3 heterocycles. The third-order valence-electron chi connectivity index (χ3n) is 5.78. The Morgan fingerprint density at radius 1 is 1.15 bits per heavy atom. The molecule has 0 saturated heterocycles. The van der Waals surface area contributed by atoms with Gasteiger partial charge in [-0.3, -0.25) is 4.57 Å². The molecule has 39 heavy (non-hydrogen) atoms. The van der Waals surface area contributed by atoms with Crippen molar-refractivity contribution < 1.29 is 27.0 Å². The van der Waals surface area contributed by atoms with E-state index in [2.05, 4.69) is 31.7 Å². The molecule has 4 aromatic rings. The first-order valence-electron chi connectivity index (χ1n) is 11.7.